The maximum absolute atomic E-state index is 12.4. The number of aromatic nitrogens is 2. The third kappa shape index (κ3) is 2.25. The van der Waals surface area contributed by atoms with Crippen LogP contribution < -0.4 is 5.56 Å². The van der Waals surface area contributed by atoms with Crippen LogP contribution in [0.3, 0.4) is 0 Å². The monoisotopic (exact) mass is 309 g/mol. The lowest BCUT2D eigenvalue weighted by molar-refractivity contribution is 0.0738. The van der Waals surface area contributed by atoms with Crippen LogP contribution in [0.4, 0.5) is 0 Å². The third-order valence-electron chi connectivity index (χ3n) is 3.34. The minimum absolute atomic E-state index is 0.0867. The lowest BCUT2D eigenvalue weighted by Gasteiger charge is -2.27. The molecule has 0 atom stereocenters. The highest BCUT2D eigenvalue weighted by Gasteiger charge is 2.25. The molecule has 3 rings (SSSR count). The first-order valence-corrected chi connectivity index (χ1v) is 7.40. The molecule has 2 aromatic heterocycles. The number of amides is 1. The Labute approximate surface area is 124 Å². The van der Waals surface area contributed by atoms with Gasteiger partial charge in [-0.3, -0.25) is 9.59 Å². The molecule has 2 aromatic rings. The van der Waals surface area contributed by atoms with Gasteiger partial charge in [0.05, 0.1) is 10.7 Å². The average Bonchev–Trinajstić information content (AvgIpc) is 2.85. The Bertz CT molecular complexity index is 737. The molecule has 5 nitrogen and oxygen atoms in total. The van der Waals surface area contributed by atoms with Gasteiger partial charge in [-0.05, 0) is 11.4 Å². The second kappa shape index (κ2) is 5.03. The fraction of sp³-hybridized carbons (Fsp3) is 0.308. The summed E-state index contributed by atoms with van der Waals surface area (Å²) in [4.78, 5) is 26.3. The van der Waals surface area contributed by atoms with Gasteiger partial charge in [-0.25, -0.2) is 4.68 Å². The van der Waals surface area contributed by atoms with E-state index in [1.165, 1.54) is 16.0 Å². The molecule has 1 aliphatic rings. The van der Waals surface area contributed by atoms with Crippen LogP contribution in [0.5, 0.6) is 0 Å². The number of thiophene rings is 1. The summed E-state index contributed by atoms with van der Waals surface area (Å²) < 4.78 is 1.33. The van der Waals surface area contributed by atoms with Gasteiger partial charge >= 0.3 is 0 Å². The van der Waals surface area contributed by atoms with Gasteiger partial charge in [-0.1, -0.05) is 11.6 Å². The molecule has 0 saturated carbocycles. The Morgan fingerprint density at radius 1 is 1.50 bits per heavy atom. The molecule has 0 fully saturated rings. The molecular weight excluding hydrogens is 298 g/mol. The van der Waals surface area contributed by atoms with Crippen molar-refractivity contribution in [3.8, 4) is 0 Å². The van der Waals surface area contributed by atoms with Crippen molar-refractivity contribution < 1.29 is 4.79 Å². The fourth-order valence-corrected chi connectivity index (χ4v) is 3.36. The van der Waals surface area contributed by atoms with Crippen LogP contribution in [0.2, 0.25) is 5.02 Å². The van der Waals surface area contributed by atoms with Crippen LogP contribution >= 0.6 is 22.9 Å². The molecule has 0 saturated heterocycles. The largest absolute Gasteiger partial charge is 0.333 e. The SMILES string of the molecule is Cn1nc2c(cc1=O)CN(C(=O)c1sccc1Cl)CC2. The van der Waals surface area contributed by atoms with Crippen molar-refractivity contribution >= 4 is 28.8 Å². The Kier molecular flexibility index (Phi) is 3.35. The van der Waals surface area contributed by atoms with Gasteiger partial charge in [0, 0.05) is 38.2 Å². The Hall–Kier alpha value is -1.66. The number of aryl methyl sites for hydroxylation is 1. The molecule has 0 aliphatic carbocycles. The van der Waals surface area contributed by atoms with Crippen molar-refractivity contribution in [2.75, 3.05) is 6.54 Å². The minimum Gasteiger partial charge on any atom is -0.333 e. The molecule has 0 bridgehead atoms. The van der Waals surface area contributed by atoms with Crippen molar-refractivity contribution in [1.82, 2.24) is 14.7 Å². The number of halogens is 1. The number of hydrogen-bond acceptors (Lipinski definition) is 4. The van der Waals surface area contributed by atoms with Crippen molar-refractivity contribution in [2.24, 2.45) is 7.05 Å². The van der Waals surface area contributed by atoms with Crippen molar-refractivity contribution in [3.05, 3.63) is 49.0 Å². The normalized spacial score (nSPS) is 14.2. The van der Waals surface area contributed by atoms with Crippen LogP contribution in [-0.4, -0.2) is 27.1 Å². The maximum Gasteiger partial charge on any atom is 0.266 e. The summed E-state index contributed by atoms with van der Waals surface area (Å²) in [7, 11) is 1.63. The Balaban J connectivity index is 1.89. The number of carbonyl (C=O) groups excluding carboxylic acids is 1. The highest BCUT2D eigenvalue weighted by atomic mass is 35.5. The number of nitrogens with zero attached hydrogens (tertiary/aromatic N) is 3. The van der Waals surface area contributed by atoms with E-state index in [0.29, 0.717) is 29.4 Å². The third-order valence-corrected chi connectivity index (χ3v) is 4.67. The van der Waals surface area contributed by atoms with Crippen molar-refractivity contribution in [3.63, 3.8) is 0 Å². The quantitative estimate of drug-likeness (QED) is 0.805. The fourth-order valence-electron chi connectivity index (χ4n) is 2.26. The Morgan fingerprint density at radius 2 is 2.30 bits per heavy atom. The molecule has 0 aromatic carbocycles. The summed E-state index contributed by atoms with van der Waals surface area (Å²) >= 11 is 7.33. The summed E-state index contributed by atoms with van der Waals surface area (Å²) in [5.41, 5.74) is 1.54. The first-order chi connectivity index (χ1) is 9.56. The van der Waals surface area contributed by atoms with E-state index < -0.39 is 0 Å². The van der Waals surface area contributed by atoms with Crippen LogP contribution in [0.15, 0.2) is 22.3 Å². The number of hydrogen-bond donors (Lipinski definition) is 0. The highest BCUT2D eigenvalue weighted by Crippen LogP contribution is 2.25. The predicted octanol–water partition coefficient (Wildman–Crippen LogP) is 1.69. The van der Waals surface area contributed by atoms with Crippen molar-refractivity contribution in [2.45, 2.75) is 13.0 Å². The van der Waals surface area contributed by atoms with Gasteiger partial charge in [0.25, 0.3) is 11.5 Å². The van der Waals surface area contributed by atoms with Crippen LogP contribution in [0.1, 0.15) is 20.9 Å². The molecule has 104 valence electrons. The second-order valence-corrected chi connectivity index (χ2v) is 5.98. The van der Waals surface area contributed by atoms with E-state index in [1.807, 2.05) is 0 Å². The van der Waals surface area contributed by atoms with E-state index in [2.05, 4.69) is 5.10 Å². The molecule has 20 heavy (non-hydrogen) atoms. The molecule has 7 heteroatoms. The van der Waals surface area contributed by atoms with Gasteiger partial charge in [0.15, 0.2) is 0 Å². The second-order valence-electron chi connectivity index (χ2n) is 4.65. The van der Waals surface area contributed by atoms with Gasteiger partial charge in [-0.2, -0.15) is 5.10 Å². The first-order valence-electron chi connectivity index (χ1n) is 6.14. The van der Waals surface area contributed by atoms with E-state index in [4.69, 9.17) is 11.6 Å². The van der Waals surface area contributed by atoms with Gasteiger partial charge in [0.2, 0.25) is 0 Å². The Morgan fingerprint density at radius 3 is 3.00 bits per heavy atom. The van der Waals surface area contributed by atoms with Gasteiger partial charge in [0.1, 0.15) is 4.88 Å². The molecule has 0 radical (unpaired) electrons. The topological polar surface area (TPSA) is 55.2 Å². The number of carbonyl (C=O) groups is 1. The van der Waals surface area contributed by atoms with E-state index in [1.54, 1.807) is 29.5 Å². The summed E-state index contributed by atoms with van der Waals surface area (Å²) in [6.07, 6.45) is 0.651. The maximum atomic E-state index is 12.4. The summed E-state index contributed by atoms with van der Waals surface area (Å²) in [5.74, 6) is -0.0867. The first kappa shape index (κ1) is 13.3. The van der Waals surface area contributed by atoms with E-state index in [0.717, 1.165) is 11.3 Å². The van der Waals surface area contributed by atoms with Gasteiger partial charge < -0.3 is 4.90 Å². The lowest BCUT2D eigenvalue weighted by atomic mass is 10.1. The zero-order valence-electron chi connectivity index (χ0n) is 10.8. The van der Waals surface area contributed by atoms with Crippen LogP contribution in [0.25, 0.3) is 0 Å². The molecule has 0 spiro atoms. The van der Waals surface area contributed by atoms with Crippen LogP contribution in [-0.2, 0) is 20.0 Å². The van der Waals surface area contributed by atoms with Gasteiger partial charge in [-0.15, -0.1) is 11.3 Å². The predicted molar refractivity (Wildman–Crippen MR) is 77.3 cm³/mol. The zero-order chi connectivity index (χ0) is 14.3. The van der Waals surface area contributed by atoms with E-state index >= 15 is 0 Å². The minimum atomic E-state index is -0.160. The molecule has 0 unspecified atom stereocenters. The summed E-state index contributed by atoms with van der Waals surface area (Å²) in [6, 6.07) is 3.27. The molecule has 1 amide bonds. The van der Waals surface area contributed by atoms with Crippen LogP contribution in [0, 0.1) is 0 Å². The molecule has 1 aliphatic heterocycles. The summed E-state index contributed by atoms with van der Waals surface area (Å²) in [5, 5.41) is 6.51. The molecular formula is C13H12ClN3O2S. The number of fused-ring (bicyclic) bond motifs is 1. The number of rotatable bonds is 1. The highest BCUT2D eigenvalue weighted by molar-refractivity contribution is 7.12. The zero-order valence-corrected chi connectivity index (χ0v) is 12.4. The lowest BCUT2D eigenvalue weighted by Crippen LogP contribution is -2.38. The smallest absolute Gasteiger partial charge is 0.266 e. The standard InChI is InChI=1S/C13H12ClN3O2S/c1-16-11(18)6-8-7-17(4-2-10(8)15-16)13(19)12-9(14)3-5-20-12/h3,5-6H,2,4,7H2,1H3. The summed E-state index contributed by atoms with van der Waals surface area (Å²) in [6.45, 7) is 0.997. The van der Waals surface area contributed by atoms with Crippen molar-refractivity contribution in [1.29, 1.82) is 0 Å². The van der Waals surface area contributed by atoms with E-state index in [9.17, 15) is 9.59 Å². The molecule has 3 heterocycles. The average molecular weight is 310 g/mol. The van der Waals surface area contributed by atoms with E-state index in [-0.39, 0.29) is 11.5 Å². The molecule has 0 N–H and O–H groups in total.